The molecule has 5 heteroatoms. The molecule has 0 amide bonds. The molecular weight excluding hydrogens is 327 g/mol. The van der Waals surface area contributed by atoms with E-state index >= 15 is 0 Å². The van der Waals surface area contributed by atoms with Crippen LogP contribution >= 0.6 is 27.3 Å². The average molecular weight is 343 g/mol. The zero-order chi connectivity index (χ0) is 14.0. The largest absolute Gasteiger partial charge is 0.310 e. The lowest BCUT2D eigenvalue weighted by atomic mass is 10.2. The van der Waals surface area contributed by atoms with Crippen LogP contribution in [0.25, 0.3) is 10.6 Å². The van der Waals surface area contributed by atoms with E-state index in [4.69, 9.17) is 0 Å². The van der Waals surface area contributed by atoms with E-state index < -0.39 is 0 Å². The maximum atomic E-state index is 13.1. The molecule has 0 bridgehead atoms. The molecule has 2 nitrogen and oxygen atoms in total. The number of nitrogens with one attached hydrogen (secondary N) is 1. The first-order valence-corrected chi connectivity index (χ1v) is 7.80. The zero-order valence-corrected chi connectivity index (χ0v) is 13.5. The Morgan fingerprint density at radius 2 is 2.21 bits per heavy atom. The second-order valence-corrected chi connectivity index (χ2v) is 6.26. The lowest BCUT2D eigenvalue weighted by molar-refractivity contribution is 0.603. The zero-order valence-electron chi connectivity index (χ0n) is 11.1. The highest BCUT2D eigenvalue weighted by Gasteiger charge is 2.16. The predicted molar refractivity (Wildman–Crippen MR) is 82.0 cm³/mol. The first-order chi connectivity index (χ1) is 9.02. The number of aromatic nitrogens is 1. The van der Waals surface area contributed by atoms with Gasteiger partial charge in [-0.1, -0.05) is 6.92 Å². The standard InChI is InChI=1S/C14H16BrFN2S/c1-4-17-8(2)13-9(3)18-14(19-13)11-6-5-10(16)7-12(11)15/h5-8,17H,4H2,1-3H3. The van der Waals surface area contributed by atoms with Crippen molar-refractivity contribution in [3.05, 3.63) is 39.1 Å². The van der Waals surface area contributed by atoms with Gasteiger partial charge in [0.2, 0.25) is 0 Å². The average Bonchev–Trinajstić information content (AvgIpc) is 2.71. The van der Waals surface area contributed by atoms with Gasteiger partial charge >= 0.3 is 0 Å². The molecule has 0 radical (unpaired) electrons. The van der Waals surface area contributed by atoms with Crippen LogP contribution in [0.4, 0.5) is 4.39 Å². The molecule has 0 spiro atoms. The molecule has 0 saturated heterocycles. The van der Waals surface area contributed by atoms with Gasteiger partial charge in [0, 0.05) is 21.0 Å². The molecule has 0 aliphatic carbocycles. The van der Waals surface area contributed by atoms with E-state index in [1.165, 1.54) is 17.0 Å². The Kier molecular flexibility index (Phi) is 4.71. The third-order valence-electron chi connectivity index (χ3n) is 2.90. The number of hydrogen-bond acceptors (Lipinski definition) is 3. The Morgan fingerprint density at radius 3 is 2.84 bits per heavy atom. The molecular formula is C14H16BrFN2S. The molecule has 102 valence electrons. The summed E-state index contributed by atoms with van der Waals surface area (Å²) in [6.45, 7) is 7.16. The van der Waals surface area contributed by atoms with E-state index in [1.54, 1.807) is 17.4 Å². The molecule has 0 saturated carbocycles. The van der Waals surface area contributed by atoms with Crippen molar-refractivity contribution < 1.29 is 4.39 Å². The minimum atomic E-state index is -0.245. The summed E-state index contributed by atoms with van der Waals surface area (Å²) < 4.78 is 13.9. The van der Waals surface area contributed by atoms with Gasteiger partial charge in [0.25, 0.3) is 0 Å². The van der Waals surface area contributed by atoms with Gasteiger partial charge in [0.15, 0.2) is 0 Å². The topological polar surface area (TPSA) is 24.9 Å². The summed E-state index contributed by atoms with van der Waals surface area (Å²) in [4.78, 5) is 5.83. The fourth-order valence-corrected chi connectivity index (χ4v) is 3.79. The fraction of sp³-hybridized carbons (Fsp3) is 0.357. The lowest BCUT2D eigenvalue weighted by Gasteiger charge is -2.09. The maximum absolute atomic E-state index is 13.1. The normalized spacial score (nSPS) is 12.7. The number of halogens is 2. The minimum absolute atomic E-state index is 0.245. The van der Waals surface area contributed by atoms with Crippen LogP contribution in [-0.4, -0.2) is 11.5 Å². The molecule has 1 aromatic heterocycles. The van der Waals surface area contributed by atoms with Crippen LogP contribution in [0.3, 0.4) is 0 Å². The summed E-state index contributed by atoms with van der Waals surface area (Å²) >= 11 is 5.05. The fourth-order valence-electron chi connectivity index (χ4n) is 1.99. The van der Waals surface area contributed by atoms with Gasteiger partial charge in [-0.05, 0) is 54.5 Å². The van der Waals surface area contributed by atoms with E-state index in [0.717, 1.165) is 27.3 Å². The van der Waals surface area contributed by atoms with Crippen molar-refractivity contribution in [3.63, 3.8) is 0 Å². The van der Waals surface area contributed by atoms with Gasteiger partial charge in [0.05, 0.1) is 5.69 Å². The summed E-state index contributed by atoms with van der Waals surface area (Å²) in [6, 6.07) is 4.98. The quantitative estimate of drug-likeness (QED) is 0.871. The number of hydrogen-bond donors (Lipinski definition) is 1. The van der Waals surface area contributed by atoms with Crippen LogP contribution in [0.1, 0.15) is 30.5 Å². The molecule has 0 aliphatic rings. The number of nitrogens with zero attached hydrogens (tertiary/aromatic N) is 1. The Balaban J connectivity index is 2.39. The van der Waals surface area contributed by atoms with E-state index in [9.17, 15) is 4.39 Å². The monoisotopic (exact) mass is 342 g/mol. The number of thiazole rings is 1. The SMILES string of the molecule is CCNC(C)c1sc(-c2ccc(F)cc2Br)nc1C. The van der Waals surface area contributed by atoms with Gasteiger partial charge in [-0.2, -0.15) is 0 Å². The first kappa shape index (κ1) is 14.6. The highest BCUT2D eigenvalue weighted by molar-refractivity contribution is 9.10. The molecule has 1 unspecified atom stereocenters. The van der Waals surface area contributed by atoms with Crippen molar-refractivity contribution >= 4 is 27.3 Å². The Labute approximate surface area is 125 Å². The van der Waals surface area contributed by atoms with Gasteiger partial charge in [-0.25, -0.2) is 9.37 Å². The Morgan fingerprint density at radius 1 is 1.47 bits per heavy atom. The molecule has 1 heterocycles. The van der Waals surface area contributed by atoms with Crippen LogP contribution in [0.2, 0.25) is 0 Å². The summed E-state index contributed by atoms with van der Waals surface area (Å²) in [5.74, 6) is -0.245. The van der Waals surface area contributed by atoms with Crippen LogP contribution in [0.5, 0.6) is 0 Å². The van der Waals surface area contributed by atoms with E-state index in [2.05, 4.69) is 40.1 Å². The van der Waals surface area contributed by atoms with Gasteiger partial charge in [-0.3, -0.25) is 0 Å². The lowest BCUT2D eigenvalue weighted by Crippen LogP contribution is -2.17. The van der Waals surface area contributed by atoms with Crippen molar-refractivity contribution in [2.24, 2.45) is 0 Å². The summed E-state index contributed by atoms with van der Waals surface area (Å²) in [6.07, 6.45) is 0. The van der Waals surface area contributed by atoms with E-state index in [1.807, 2.05) is 6.92 Å². The maximum Gasteiger partial charge on any atom is 0.125 e. The molecule has 2 aromatic rings. The van der Waals surface area contributed by atoms with Crippen molar-refractivity contribution in [1.82, 2.24) is 10.3 Å². The summed E-state index contributed by atoms with van der Waals surface area (Å²) in [5.41, 5.74) is 1.97. The summed E-state index contributed by atoms with van der Waals surface area (Å²) in [7, 11) is 0. The molecule has 1 atom stereocenters. The van der Waals surface area contributed by atoms with Crippen molar-refractivity contribution in [3.8, 4) is 10.6 Å². The minimum Gasteiger partial charge on any atom is -0.310 e. The van der Waals surface area contributed by atoms with Crippen molar-refractivity contribution in [1.29, 1.82) is 0 Å². The third kappa shape index (κ3) is 3.22. The molecule has 1 N–H and O–H groups in total. The van der Waals surface area contributed by atoms with Crippen LogP contribution < -0.4 is 5.32 Å². The molecule has 0 fully saturated rings. The second kappa shape index (κ2) is 6.11. The molecule has 0 aliphatic heterocycles. The van der Waals surface area contributed by atoms with Crippen molar-refractivity contribution in [2.75, 3.05) is 6.54 Å². The van der Waals surface area contributed by atoms with Crippen LogP contribution in [-0.2, 0) is 0 Å². The van der Waals surface area contributed by atoms with Gasteiger partial charge in [0.1, 0.15) is 10.8 Å². The number of rotatable bonds is 4. The smallest absolute Gasteiger partial charge is 0.125 e. The molecule has 19 heavy (non-hydrogen) atoms. The first-order valence-electron chi connectivity index (χ1n) is 6.19. The van der Waals surface area contributed by atoms with E-state index in [0.29, 0.717) is 0 Å². The second-order valence-electron chi connectivity index (χ2n) is 4.37. The Hall–Kier alpha value is -0.780. The highest BCUT2D eigenvalue weighted by atomic mass is 79.9. The Bertz CT molecular complexity index is 583. The molecule has 2 rings (SSSR count). The van der Waals surface area contributed by atoms with E-state index in [-0.39, 0.29) is 11.9 Å². The third-order valence-corrected chi connectivity index (χ3v) is 4.93. The highest BCUT2D eigenvalue weighted by Crippen LogP contribution is 2.35. The number of aryl methyl sites for hydroxylation is 1. The van der Waals surface area contributed by atoms with Crippen LogP contribution in [0.15, 0.2) is 22.7 Å². The van der Waals surface area contributed by atoms with Gasteiger partial charge in [-0.15, -0.1) is 11.3 Å². The van der Waals surface area contributed by atoms with Crippen LogP contribution in [0, 0.1) is 12.7 Å². The van der Waals surface area contributed by atoms with Gasteiger partial charge < -0.3 is 5.32 Å². The number of benzene rings is 1. The summed E-state index contributed by atoms with van der Waals surface area (Å²) in [5, 5.41) is 4.31. The van der Waals surface area contributed by atoms with Crippen molar-refractivity contribution in [2.45, 2.75) is 26.8 Å². The predicted octanol–water partition coefficient (Wildman–Crippen LogP) is 4.69. The molecule has 1 aromatic carbocycles.